The molecule has 0 spiro atoms. The Morgan fingerprint density at radius 1 is 1.32 bits per heavy atom. The Balaban J connectivity index is 1.73. The van der Waals surface area contributed by atoms with Crippen LogP contribution >= 0.6 is 0 Å². The summed E-state index contributed by atoms with van der Waals surface area (Å²) in [6.07, 6.45) is 5.02. The number of anilines is 1. The normalized spacial score (nSPS) is 23.7. The number of hydrogen-bond donors (Lipinski definition) is 1. The second-order valence-corrected chi connectivity index (χ2v) is 5.47. The SMILES string of the molecule is CCC1CCC(C)N1CCCOc1ccccc1N. The van der Waals surface area contributed by atoms with Gasteiger partial charge < -0.3 is 10.5 Å². The van der Waals surface area contributed by atoms with E-state index in [4.69, 9.17) is 10.5 Å². The molecule has 1 fully saturated rings. The molecule has 0 saturated carbocycles. The van der Waals surface area contributed by atoms with Crippen LogP contribution in [-0.2, 0) is 0 Å². The minimum atomic E-state index is 0.725. The summed E-state index contributed by atoms with van der Waals surface area (Å²) in [5.74, 6) is 0.809. The first-order valence-electron chi connectivity index (χ1n) is 7.45. The third-order valence-corrected chi connectivity index (χ3v) is 4.16. The standard InChI is InChI=1S/C16H26N2O/c1-3-14-10-9-13(2)18(14)11-6-12-19-16-8-5-4-7-15(16)17/h4-5,7-8,13-14H,3,6,9-12,17H2,1-2H3. The number of nitrogens with two attached hydrogens (primary N) is 1. The van der Waals surface area contributed by atoms with Crippen molar-refractivity contribution in [1.29, 1.82) is 0 Å². The van der Waals surface area contributed by atoms with Crippen molar-refractivity contribution in [3.8, 4) is 5.75 Å². The van der Waals surface area contributed by atoms with Gasteiger partial charge >= 0.3 is 0 Å². The number of para-hydroxylation sites is 2. The molecular weight excluding hydrogens is 236 g/mol. The molecule has 2 rings (SSSR count). The molecule has 1 aliphatic heterocycles. The van der Waals surface area contributed by atoms with Gasteiger partial charge in [0.2, 0.25) is 0 Å². The predicted octanol–water partition coefficient (Wildman–Crippen LogP) is 3.30. The molecule has 106 valence electrons. The largest absolute Gasteiger partial charge is 0.491 e. The maximum absolute atomic E-state index is 5.86. The van der Waals surface area contributed by atoms with E-state index < -0.39 is 0 Å². The smallest absolute Gasteiger partial charge is 0.142 e. The van der Waals surface area contributed by atoms with Crippen LogP contribution in [0, 0.1) is 0 Å². The molecule has 3 heteroatoms. The zero-order valence-corrected chi connectivity index (χ0v) is 12.1. The third kappa shape index (κ3) is 3.63. The molecule has 0 aliphatic carbocycles. The van der Waals surface area contributed by atoms with Crippen LogP contribution in [0.3, 0.4) is 0 Å². The number of likely N-dealkylation sites (tertiary alicyclic amines) is 1. The molecule has 1 aliphatic rings. The lowest BCUT2D eigenvalue weighted by atomic mass is 10.1. The highest BCUT2D eigenvalue weighted by Crippen LogP contribution is 2.26. The Bertz CT molecular complexity index is 394. The fourth-order valence-corrected chi connectivity index (χ4v) is 3.01. The van der Waals surface area contributed by atoms with E-state index in [0.29, 0.717) is 0 Å². The lowest BCUT2D eigenvalue weighted by Crippen LogP contribution is -2.35. The summed E-state index contributed by atoms with van der Waals surface area (Å²) in [5, 5.41) is 0. The second kappa shape index (κ2) is 6.80. The Morgan fingerprint density at radius 3 is 2.84 bits per heavy atom. The molecule has 0 radical (unpaired) electrons. The lowest BCUT2D eigenvalue weighted by Gasteiger charge is -2.27. The fraction of sp³-hybridized carbons (Fsp3) is 0.625. The van der Waals surface area contributed by atoms with Crippen LogP contribution in [0.15, 0.2) is 24.3 Å². The summed E-state index contributed by atoms with van der Waals surface area (Å²) in [5.41, 5.74) is 6.58. The van der Waals surface area contributed by atoms with E-state index in [9.17, 15) is 0 Å². The van der Waals surface area contributed by atoms with Crippen LogP contribution in [-0.4, -0.2) is 30.1 Å². The van der Waals surface area contributed by atoms with Crippen LogP contribution in [0.25, 0.3) is 0 Å². The molecule has 19 heavy (non-hydrogen) atoms. The summed E-state index contributed by atoms with van der Waals surface area (Å²) in [6.45, 7) is 6.50. The zero-order chi connectivity index (χ0) is 13.7. The van der Waals surface area contributed by atoms with Crippen LogP contribution in [0.2, 0.25) is 0 Å². The monoisotopic (exact) mass is 262 g/mol. The van der Waals surface area contributed by atoms with Gasteiger partial charge in [-0.15, -0.1) is 0 Å². The number of nitrogens with zero attached hydrogens (tertiary/aromatic N) is 1. The highest BCUT2D eigenvalue weighted by Gasteiger charge is 2.28. The van der Waals surface area contributed by atoms with E-state index in [1.807, 2.05) is 24.3 Å². The topological polar surface area (TPSA) is 38.5 Å². The van der Waals surface area contributed by atoms with Crippen LogP contribution in [0.4, 0.5) is 5.69 Å². The molecule has 1 heterocycles. The lowest BCUT2D eigenvalue weighted by molar-refractivity contribution is 0.180. The van der Waals surface area contributed by atoms with Crippen molar-refractivity contribution in [1.82, 2.24) is 4.90 Å². The van der Waals surface area contributed by atoms with Gasteiger partial charge in [-0.3, -0.25) is 4.90 Å². The molecule has 2 unspecified atom stereocenters. The third-order valence-electron chi connectivity index (χ3n) is 4.16. The Labute approximate surface area is 116 Å². The number of benzene rings is 1. The zero-order valence-electron chi connectivity index (χ0n) is 12.1. The van der Waals surface area contributed by atoms with Gasteiger partial charge in [0, 0.05) is 18.6 Å². The van der Waals surface area contributed by atoms with Crippen LogP contribution in [0.5, 0.6) is 5.75 Å². The molecule has 1 aromatic carbocycles. The van der Waals surface area contributed by atoms with Gasteiger partial charge in [-0.25, -0.2) is 0 Å². The summed E-state index contributed by atoms with van der Waals surface area (Å²) in [4.78, 5) is 2.64. The van der Waals surface area contributed by atoms with Crippen molar-refractivity contribution in [3.05, 3.63) is 24.3 Å². The van der Waals surface area contributed by atoms with E-state index in [1.165, 1.54) is 19.3 Å². The minimum absolute atomic E-state index is 0.725. The Hall–Kier alpha value is -1.22. The van der Waals surface area contributed by atoms with E-state index in [0.717, 1.165) is 43.1 Å². The van der Waals surface area contributed by atoms with Crippen molar-refractivity contribution in [3.63, 3.8) is 0 Å². The highest BCUT2D eigenvalue weighted by molar-refractivity contribution is 5.51. The summed E-state index contributed by atoms with van der Waals surface area (Å²) in [7, 11) is 0. The molecule has 0 aromatic heterocycles. The van der Waals surface area contributed by atoms with E-state index in [2.05, 4.69) is 18.7 Å². The Kier molecular flexibility index (Phi) is 5.08. The molecule has 0 bridgehead atoms. The minimum Gasteiger partial charge on any atom is -0.491 e. The molecule has 2 atom stereocenters. The van der Waals surface area contributed by atoms with Crippen LogP contribution in [0.1, 0.15) is 39.5 Å². The maximum atomic E-state index is 5.86. The number of hydrogen-bond acceptors (Lipinski definition) is 3. The molecule has 1 saturated heterocycles. The van der Waals surface area contributed by atoms with Gasteiger partial charge in [-0.1, -0.05) is 19.1 Å². The van der Waals surface area contributed by atoms with Crippen molar-refractivity contribution in [2.45, 2.75) is 51.6 Å². The first kappa shape index (κ1) is 14.2. The predicted molar refractivity (Wildman–Crippen MR) is 80.4 cm³/mol. The molecule has 0 amide bonds. The molecule has 1 aromatic rings. The van der Waals surface area contributed by atoms with E-state index in [1.54, 1.807) is 0 Å². The van der Waals surface area contributed by atoms with Gasteiger partial charge in [0.25, 0.3) is 0 Å². The summed E-state index contributed by atoms with van der Waals surface area (Å²) in [6, 6.07) is 9.21. The van der Waals surface area contributed by atoms with Crippen molar-refractivity contribution in [2.24, 2.45) is 0 Å². The first-order valence-corrected chi connectivity index (χ1v) is 7.45. The number of nitrogen functional groups attached to an aromatic ring is 1. The average molecular weight is 262 g/mol. The van der Waals surface area contributed by atoms with Crippen molar-refractivity contribution < 1.29 is 4.74 Å². The summed E-state index contributed by atoms with van der Waals surface area (Å²) >= 11 is 0. The summed E-state index contributed by atoms with van der Waals surface area (Å²) < 4.78 is 5.75. The molecule has 2 N–H and O–H groups in total. The number of ether oxygens (including phenoxy) is 1. The maximum Gasteiger partial charge on any atom is 0.142 e. The van der Waals surface area contributed by atoms with E-state index in [-0.39, 0.29) is 0 Å². The Morgan fingerprint density at radius 2 is 2.11 bits per heavy atom. The fourth-order valence-electron chi connectivity index (χ4n) is 3.01. The van der Waals surface area contributed by atoms with Gasteiger partial charge in [0.1, 0.15) is 5.75 Å². The average Bonchev–Trinajstić information content (AvgIpc) is 2.77. The van der Waals surface area contributed by atoms with E-state index >= 15 is 0 Å². The van der Waals surface area contributed by atoms with Crippen LogP contribution < -0.4 is 10.5 Å². The molecule has 3 nitrogen and oxygen atoms in total. The molecular formula is C16H26N2O. The van der Waals surface area contributed by atoms with Gasteiger partial charge in [0.05, 0.1) is 12.3 Å². The second-order valence-electron chi connectivity index (χ2n) is 5.47. The quantitative estimate of drug-likeness (QED) is 0.631. The van der Waals surface area contributed by atoms with Crippen molar-refractivity contribution in [2.75, 3.05) is 18.9 Å². The van der Waals surface area contributed by atoms with Crippen molar-refractivity contribution >= 4 is 5.69 Å². The first-order chi connectivity index (χ1) is 9.22. The van der Waals surface area contributed by atoms with Gasteiger partial charge in [-0.05, 0) is 44.7 Å². The van der Waals surface area contributed by atoms with Gasteiger partial charge in [-0.2, -0.15) is 0 Å². The highest BCUT2D eigenvalue weighted by atomic mass is 16.5. The van der Waals surface area contributed by atoms with Gasteiger partial charge in [0.15, 0.2) is 0 Å². The number of rotatable bonds is 6.